The average Bonchev–Trinajstić information content (AvgIpc) is 2.59. The lowest BCUT2D eigenvalue weighted by atomic mass is 10.1. The monoisotopic (exact) mass is 357 g/mol. The highest BCUT2D eigenvalue weighted by molar-refractivity contribution is 8.00. The molecule has 0 saturated heterocycles. The van der Waals surface area contributed by atoms with Crippen LogP contribution in [0.1, 0.15) is 28.4 Å². The number of benzene rings is 2. The third-order valence-corrected chi connectivity index (χ3v) is 4.68. The first kappa shape index (κ1) is 19.1. The summed E-state index contributed by atoms with van der Waals surface area (Å²) in [5.41, 5.74) is 3.74. The molecule has 25 heavy (non-hydrogen) atoms. The third kappa shape index (κ3) is 5.94. The Labute approximate surface area is 153 Å². The van der Waals surface area contributed by atoms with E-state index in [9.17, 15) is 9.59 Å². The number of carbonyl (C=O) groups is 2. The van der Waals surface area contributed by atoms with Crippen LogP contribution in [-0.2, 0) is 4.79 Å². The normalized spacial score (nSPS) is 10.4. The second-order valence-electron chi connectivity index (χ2n) is 5.72. The second kappa shape index (κ2) is 9.28. The number of hydrogen-bond donors (Lipinski definition) is 1. The van der Waals surface area contributed by atoms with E-state index in [2.05, 4.69) is 5.32 Å². The molecule has 0 heterocycles. The van der Waals surface area contributed by atoms with Crippen molar-refractivity contribution >= 4 is 29.1 Å². The van der Waals surface area contributed by atoms with Crippen LogP contribution in [0.2, 0.25) is 0 Å². The van der Waals surface area contributed by atoms with Crippen molar-refractivity contribution in [1.29, 1.82) is 0 Å². The molecule has 1 amide bonds. The zero-order chi connectivity index (χ0) is 18.2. The van der Waals surface area contributed by atoms with Gasteiger partial charge < -0.3 is 10.1 Å². The van der Waals surface area contributed by atoms with Gasteiger partial charge >= 0.3 is 0 Å². The summed E-state index contributed by atoms with van der Waals surface area (Å²) in [6, 6.07) is 12.9. The molecule has 0 aliphatic carbocycles. The number of Topliss-reactive ketones (excluding diaryl/α,β-unsaturated/α-hetero) is 1. The van der Waals surface area contributed by atoms with Gasteiger partial charge in [0, 0.05) is 11.3 Å². The molecule has 0 spiro atoms. The summed E-state index contributed by atoms with van der Waals surface area (Å²) in [5, 5.41) is 2.86. The van der Waals surface area contributed by atoms with Crippen LogP contribution >= 0.6 is 11.8 Å². The van der Waals surface area contributed by atoms with E-state index in [0.717, 1.165) is 17.0 Å². The van der Waals surface area contributed by atoms with E-state index in [4.69, 9.17) is 4.74 Å². The zero-order valence-corrected chi connectivity index (χ0v) is 15.6. The van der Waals surface area contributed by atoms with Crippen LogP contribution < -0.4 is 10.1 Å². The molecule has 0 aliphatic rings. The smallest absolute Gasteiger partial charge is 0.234 e. The van der Waals surface area contributed by atoms with Crippen LogP contribution in [0, 0.1) is 13.8 Å². The fourth-order valence-corrected chi connectivity index (χ4v) is 2.95. The summed E-state index contributed by atoms with van der Waals surface area (Å²) in [6.07, 6.45) is 0. The fraction of sp³-hybridized carbons (Fsp3) is 0.300. The van der Waals surface area contributed by atoms with Crippen LogP contribution in [0.3, 0.4) is 0 Å². The Balaban J connectivity index is 1.78. The van der Waals surface area contributed by atoms with Crippen molar-refractivity contribution in [1.82, 2.24) is 0 Å². The van der Waals surface area contributed by atoms with E-state index in [-0.39, 0.29) is 23.2 Å². The zero-order valence-electron chi connectivity index (χ0n) is 14.8. The number of aryl methyl sites for hydroxylation is 2. The third-order valence-electron chi connectivity index (χ3n) is 3.74. The van der Waals surface area contributed by atoms with Crippen LogP contribution in [0.4, 0.5) is 5.69 Å². The van der Waals surface area contributed by atoms with Crippen molar-refractivity contribution in [3.63, 3.8) is 0 Å². The molecule has 0 radical (unpaired) electrons. The summed E-state index contributed by atoms with van der Waals surface area (Å²) in [6.45, 7) is 6.55. The van der Waals surface area contributed by atoms with E-state index in [1.165, 1.54) is 17.3 Å². The number of hydrogen-bond acceptors (Lipinski definition) is 4. The molecule has 5 heteroatoms. The minimum absolute atomic E-state index is 0.00651. The highest BCUT2D eigenvalue weighted by Crippen LogP contribution is 2.16. The minimum Gasteiger partial charge on any atom is -0.494 e. The van der Waals surface area contributed by atoms with E-state index in [1.807, 2.05) is 39.0 Å². The van der Waals surface area contributed by atoms with E-state index < -0.39 is 0 Å². The average molecular weight is 357 g/mol. The van der Waals surface area contributed by atoms with Crippen LogP contribution in [-0.4, -0.2) is 29.8 Å². The number of anilines is 1. The van der Waals surface area contributed by atoms with Crippen LogP contribution in [0.5, 0.6) is 5.75 Å². The molecule has 2 aromatic rings. The summed E-state index contributed by atoms with van der Waals surface area (Å²) < 4.78 is 5.36. The first-order valence-corrected chi connectivity index (χ1v) is 9.36. The van der Waals surface area contributed by atoms with Gasteiger partial charge in [-0.15, -0.1) is 11.8 Å². The van der Waals surface area contributed by atoms with Gasteiger partial charge in [0.2, 0.25) is 5.91 Å². The van der Waals surface area contributed by atoms with Gasteiger partial charge in [-0.3, -0.25) is 9.59 Å². The van der Waals surface area contributed by atoms with E-state index in [0.29, 0.717) is 12.2 Å². The van der Waals surface area contributed by atoms with Crippen molar-refractivity contribution in [3.8, 4) is 5.75 Å². The number of ether oxygens (including phenoxy) is 1. The molecule has 2 rings (SSSR count). The SMILES string of the molecule is CCOc1ccc(C(=O)CSCC(=O)Nc2ccc(C)c(C)c2)cc1. The second-order valence-corrected chi connectivity index (χ2v) is 6.71. The molecule has 4 nitrogen and oxygen atoms in total. The Morgan fingerprint density at radius 2 is 1.72 bits per heavy atom. The first-order chi connectivity index (χ1) is 12.0. The van der Waals surface area contributed by atoms with Gasteiger partial charge in [-0.05, 0) is 68.3 Å². The van der Waals surface area contributed by atoms with Gasteiger partial charge in [-0.25, -0.2) is 0 Å². The largest absolute Gasteiger partial charge is 0.494 e. The van der Waals surface area contributed by atoms with Crippen molar-refractivity contribution in [2.24, 2.45) is 0 Å². The van der Waals surface area contributed by atoms with E-state index >= 15 is 0 Å². The summed E-state index contributed by atoms with van der Waals surface area (Å²) in [7, 11) is 0. The number of thioether (sulfide) groups is 1. The lowest BCUT2D eigenvalue weighted by Gasteiger charge is -2.08. The molecule has 0 fully saturated rings. The van der Waals surface area contributed by atoms with Gasteiger partial charge in [0.15, 0.2) is 5.78 Å². The lowest BCUT2D eigenvalue weighted by molar-refractivity contribution is -0.113. The number of ketones is 1. The standard InChI is InChI=1S/C20H23NO3S/c1-4-24-18-9-6-16(7-10-18)19(22)12-25-13-20(23)21-17-8-5-14(2)15(3)11-17/h5-11H,4,12-13H2,1-3H3,(H,21,23). The molecule has 0 aromatic heterocycles. The lowest BCUT2D eigenvalue weighted by Crippen LogP contribution is -2.15. The molecular formula is C20H23NO3S. The molecule has 1 N–H and O–H groups in total. The molecule has 0 atom stereocenters. The molecule has 0 aliphatic heterocycles. The van der Waals surface area contributed by atoms with Crippen molar-refractivity contribution < 1.29 is 14.3 Å². The molecule has 0 bridgehead atoms. The predicted molar refractivity (Wildman–Crippen MR) is 104 cm³/mol. The van der Waals surface area contributed by atoms with Crippen molar-refractivity contribution in [2.75, 3.05) is 23.4 Å². The highest BCUT2D eigenvalue weighted by atomic mass is 32.2. The Hall–Kier alpha value is -2.27. The van der Waals surface area contributed by atoms with Gasteiger partial charge in [0.25, 0.3) is 0 Å². The Morgan fingerprint density at radius 1 is 1.00 bits per heavy atom. The summed E-state index contributed by atoms with van der Waals surface area (Å²) >= 11 is 1.31. The van der Waals surface area contributed by atoms with Crippen LogP contribution in [0.25, 0.3) is 0 Å². The topological polar surface area (TPSA) is 55.4 Å². The number of carbonyl (C=O) groups excluding carboxylic acids is 2. The minimum atomic E-state index is -0.104. The summed E-state index contributed by atoms with van der Waals surface area (Å²) in [4.78, 5) is 24.1. The van der Waals surface area contributed by atoms with Crippen molar-refractivity contribution in [3.05, 3.63) is 59.2 Å². The number of nitrogens with one attached hydrogen (secondary N) is 1. The molecule has 2 aromatic carbocycles. The maximum Gasteiger partial charge on any atom is 0.234 e. The summed E-state index contributed by atoms with van der Waals surface area (Å²) in [5.74, 6) is 1.17. The first-order valence-electron chi connectivity index (χ1n) is 8.20. The van der Waals surface area contributed by atoms with Crippen LogP contribution in [0.15, 0.2) is 42.5 Å². The van der Waals surface area contributed by atoms with Gasteiger partial charge in [0.05, 0.1) is 18.1 Å². The molecule has 132 valence electrons. The van der Waals surface area contributed by atoms with Crippen molar-refractivity contribution in [2.45, 2.75) is 20.8 Å². The maximum absolute atomic E-state index is 12.1. The molecular weight excluding hydrogens is 334 g/mol. The number of rotatable bonds is 8. The quantitative estimate of drug-likeness (QED) is 0.717. The van der Waals surface area contributed by atoms with Gasteiger partial charge in [0.1, 0.15) is 5.75 Å². The molecule has 0 unspecified atom stereocenters. The molecule has 0 saturated carbocycles. The predicted octanol–water partition coefficient (Wildman–Crippen LogP) is 4.26. The maximum atomic E-state index is 12.1. The Morgan fingerprint density at radius 3 is 2.36 bits per heavy atom. The van der Waals surface area contributed by atoms with Gasteiger partial charge in [-0.2, -0.15) is 0 Å². The fourth-order valence-electron chi connectivity index (χ4n) is 2.24. The van der Waals surface area contributed by atoms with E-state index in [1.54, 1.807) is 24.3 Å². The Bertz CT molecular complexity index is 741. The highest BCUT2D eigenvalue weighted by Gasteiger charge is 2.09. The Kier molecular flexibility index (Phi) is 7.07. The van der Waals surface area contributed by atoms with Gasteiger partial charge in [-0.1, -0.05) is 6.07 Å². The number of amides is 1.